The molecule has 1 fully saturated rings. The summed E-state index contributed by atoms with van der Waals surface area (Å²) in [6, 6.07) is 15.8. The van der Waals surface area contributed by atoms with E-state index in [-0.39, 0.29) is 44.2 Å². The van der Waals surface area contributed by atoms with Gasteiger partial charge in [0.1, 0.15) is 28.0 Å². The van der Waals surface area contributed by atoms with E-state index in [1.807, 2.05) is 0 Å². The summed E-state index contributed by atoms with van der Waals surface area (Å²) in [7, 11) is -4.09. The fourth-order valence-corrected chi connectivity index (χ4v) is 4.87. The number of nitrogens with one attached hydrogen (secondary N) is 1. The van der Waals surface area contributed by atoms with E-state index in [4.69, 9.17) is 9.47 Å². The summed E-state index contributed by atoms with van der Waals surface area (Å²) in [5.41, 5.74) is 0.799. The summed E-state index contributed by atoms with van der Waals surface area (Å²) < 4.78 is 64.9. The lowest BCUT2D eigenvalue weighted by Crippen LogP contribution is -2.41. The molecule has 34 heavy (non-hydrogen) atoms. The summed E-state index contributed by atoms with van der Waals surface area (Å²) >= 11 is 0. The fraction of sp³-hybridized carbons (Fsp3) is 0.208. The van der Waals surface area contributed by atoms with Gasteiger partial charge in [-0.15, -0.1) is 0 Å². The number of morpholine rings is 1. The number of amides is 1. The van der Waals surface area contributed by atoms with Crippen LogP contribution in [0.5, 0.6) is 11.5 Å². The summed E-state index contributed by atoms with van der Waals surface area (Å²) in [5, 5.41) is 2.70. The van der Waals surface area contributed by atoms with E-state index in [1.54, 1.807) is 24.3 Å². The van der Waals surface area contributed by atoms with E-state index in [0.29, 0.717) is 11.5 Å². The normalized spacial score (nSPS) is 14.5. The molecule has 178 valence electrons. The molecular weight excluding hydrogens is 466 g/mol. The first-order chi connectivity index (χ1) is 16.3. The van der Waals surface area contributed by atoms with Gasteiger partial charge in [0.15, 0.2) is 0 Å². The Morgan fingerprint density at radius 2 is 1.56 bits per heavy atom. The van der Waals surface area contributed by atoms with Crippen LogP contribution < -0.4 is 10.1 Å². The van der Waals surface area contributed by atoms with Crippen molar-refractivity contribution in [3.05, 3.63) is 89.5 Å². The predicted molar refractivity (Wildman–Crippen MR) is 120 cm³/mol. The molecule has 3 aromatic carbocycles. The van der Waals surface area contributed by atoms with Gasteiger partial charge < -0.3 is 14.8 Å². The fourth-order valence-electron chi connectivity index (χ4n) is 3.37. The highest BCUT2D eigenvalue weighted by atomic mass is 32.2. The van der Waals surface area contributed by atoms with E-state index < -0.39 is 26.6 Å². The summed E-state index contributed by atoms with van der Waals surface area (Å²) in [6.45, 7) is 0.875. The number of ether oxygens (including phenoxy) is 2. The monoisotopic (exact) mass is 488 g/mol. The van der Waals surface area contributed by atoms with Crippen molar-refractivity contribution in [3.63, 3.8) is 0 Å². The lowest BCUT2D eigenvalue weighted by atomic mass is 10.2. The molecule has 0 aromatic heterocycles. The van der Waals surface area contributed by atoms with Crippen molar-refractivity contribution in [1.82, 2.24) is 9.62 Å². The zero-order valence-corrected chi connectivity index (χ0v) is 18.9. The van der Waals surface area contributed by atoms with Gasteiger partial charge in [-0.3, -0.25) is 4.79 Å². The van der Waals surface area contributed by atoms with Gasteiger partial charge in [0.05, 0.1) is 13.2 Å². The Balaban J connectivity index is 1.40. The molecule has 0 unspecified atom stereocenters. The van der Waals surface area contributed by atoms with Crippen molar-refractivity contribution in [1.29, 1.82) is 0 Å². The lowest BCUT2D eigenvalue weighted by Gasteiger charge is -2.26. The first-order valence-electron chi connectivity index (χ1n) is 10.5. The predicted octanol–water partition coefficient (Wildman–Crippen LogP) is 3.71. The van der Waals surface area contributed by atoms with Crippen molar-refractivity contribution in [2.24, 2.45) is 0 Å². The molecule has 7 nitrogen and oxygen atoms in total. The van der Waals surface area contributed by atoms with Gasteiger partial charge in [-0.2, -0.15) is 4.31 Å². The van der Waals surface area contributed by atoms with Gasteiger partial charge >= 0.3 is 0 Å². The van der Waals surface area contributed by atoms with Crippen LogP contribution in [0, 0.1) is 11.6 Å². The van der Waals surface area contributed by atoms with Crippen molar-refractivity contribution >= 4 is 15.9 Å². The molecule has 0 aliphatic carbocycles. The van der Waals surface area contributed by atoms with Crippen LogP contribution in [-0.2, 0) is 21.3 Å². The number of benzene rings is 3. The molecular formula is C24H22F2N2O5S. The number of sulfonamides is 1. The molecule has 4 rings (SSSR count). The number of nitrogens with zero attached hydrogens (tertiary/aromatic N) is 1. The maximum Gasteiger partial charge on any atom is 0.251 e. The minimum Gasteiger partial charge on any atom is -0.457 e. The van der Waals surface area contributed by atoms with Gasteiger partial charge in [0.2, 0.25) is 10.0 Å². The first-order valence-corrected chi connectivity index (χ1v) is 11.9. The number of hydrogen-bond acceptors (Lipinski definition) is 5. The minimum absolute atomic E-state index is 0.0319. The lowest BCUT2D eigenvalue weighted by molar-refractivity contribution is 0.0729. The average molecular weight is 489 g/mol. The van der Waals surface area contributed by atoms with Crippen molar-refractivity contribution in [3.8, 4) is 11.5 Å². The Morgan fingerprint density at radius 3 is 2.21 bits per heavy atom. The highest BCUT2D eigenvalue weighted by Crippen LogP contribution is 2.23. The maximum atomic E-state index is 14.3. The zero-order chi connectivity index (χ0) is 24.1. The Kier molecular flexibility index (Phi) is 7.20. The van der Waals surface area contributed by atoms with Gasteiger partial charge in [-0.25, -0.2) is 17.2 Å². The molecule has 0 spiro atoms. The van der Waals surface area contributed by atoms with Crippen molar-refractivity contribution in [2.75, 3.05) is 26.3 Å². The quantitative estimate of drug-likeness (QED) is 0.548. The molecule has 1 amide bonds. The summed E-state index contributed by atoms with van der Waals surface area (Å²) in [4.78, 5) is 12.1. The largest absolute Gasteiger partial charge is 0.457 e. The van der Waals surface area contributed by atoms with Crippen LogP contribution in [0.3, 0.4) is 0 Å². The third-order valence-corrected chi connectivity index (χ3v) is 7.12. The Bertz CT molecular complexity index is 1260. The highest BCUT2D eigenvalue weighted by molar-refractivity contribution is 7.89. The van der Waals surface area contributed by atoms with Gasteiger partial charge in [-0.1, -0.05) is 12.1 Å². The van der Waals surface area contributed by atoms with Crippen LogP contribution in [0.4, 0.5) is 8.78 Å². The Hall–Kier alpha value is -3.34. The molecule has 10 heteroatoms. The van der Waals surface area contributed by atoms with E-state index in [0.717, 1.165) is 22.0 Å². The molecule has 1 aliphatic heterocycles. The van der Waals surface area contributed by atoms with Gasteiger partial charge in [-0.05, 0) is 60.2 Å². The number of carbonyl (C=O) groups is 1. The number of rotatable bonds is 7. The number of halogens is 2. The molecule has 0 bridgehead atoms. The minimum atomic E-state index is -4.09. The van der Waals surface area contributed by atoms with Crippen molar-refractivity contribution < 1.29 is 31.5 Å². The Labute approximate surface area is 196 Å². The third-order valence-electron chi connectivity index (χ3n) is 5.21. The van der Waals surface area contributed by atoms with E-state index in [1.165, 1.54) is 30.3 Å². The van der Waals surface area contributed by atoms with Gasteiger partial charge in [0, 0.05) is 25.2 Å². The van der Waals surface area contributed by atoms with Crippen LogP contribution in [-0.4, -0.2) is 44.9 Å². The molecule has 0 radical (unpaired) electrons. The molecule has 1 aliphatic rings. The number of hydrogen-bond donors (Lipinski definition) is 1. The Morgan fingerprint density at radius 1 is 0.941 bits per heavy atom. The summed E-state index contributed by atoms with van der Waals surface area (Å²) in [5.74, 6) is -0.782. The van der Waals surface area contributed by atoms with E-state index in [9.17, 15) is 22.0 Å². The average Bonchev–Trinajstić information content (AvgIpc) is 2.85. The highest BCUT2D eigenvalue weighted by Gasteiger charge is 2.29. The zero-order valence-electron chi connectivity index (χ0n) is 18.0. The second-order valence-electron chi connectivity index (χ2n) is 7.54. The van der Waals surface area contributed by atoms with Crippen LogP contribution in [0.1, 0.15) is 15.9 Å². The second-order valence-corrected chi connectivity index (χ2v) is 9.45. The van der Waals surface area contributed by atoms with Gasteiger partial charge in [0.25, 0.3) is 5.91 Å². The molecule has 0 saturated carbocycles. The van der Waals surface area contributed by atoms with E-state index in [2.05, 4.69) is 5.32 Å². The first kappa shape index (κ1) is 23.8. The third kappa shape index (κ3) is 5.58. The molecule has 0 atom stereocenters. The van der Waals surface area contributed by atoms with E-state index >= 15 is 0 Å². The molecule has 1 heterocycles. The number of carbonyl (C=O) groups excluding carboxylic acids is 1. The maximum absolute atomic E-state index is 14.3. The van der Waals surface area contributed by atoms with Crippen molar-refractivity contribution in [2.45, 2.75) is 11.4 Å². The topological polar surface area (TPSA) is 84.9 Å². The molecule has 3 aromatic rings. The second kappa shape index (κ2) is 10.3. The SMILES string of the molecule is O=C(NCc1ccc(Oc2ccc(F)cc2)cc1)c1ccc(F)c(S(=O)(=O)N2CCOCC2)c1. The summed E-state index contributed by atoms with van der Waals surface area (Å²) in [6.07, 6.45) is 0. The van der Waals surface area contributed by atoms with Crippen LogP contribution >= 0.6 is 0 Å². The van der Waals surface area contributed by atoms with Crippen LogP contribution in [0.2, 0.25) is 0 Å². The smallest absolute Gasteiger partial charge is 0.251 e. The molecule has 1 N–H and O–H groups in total. The van der Waals surface area contributed by atoms with Crippen LogP contribution in [0.15, 0.2) is 71.6 Å². The standard InChI is InChI=1S/C24H22F2N2O5S/c25-19-4-8-21(9-5-19)33-20-6-1-17(2-7-20)16-27-24(29)18-3-10-22(26)23(15-18)34(30,31)28-11-13-32-14-12-28/h1-10,15H,11-14,16H2,(H,27,29). The van der Waals surface area contributed by atoms with Crippen LogP contribution in [0.25, 0.3) is 0 Å². The molecule has 1 saturated heterocycles.